The van der Waals surface area contributed by atoms with Crippen molar-refractivity contribution in [2.45, 2.75) is 113 Å². The van der Waals surface area contributed by atoms with E-state index in [9.17, 15) is 0 Å². The smallest absolute Gasteiger partial charge is 0.187 e. The maximum absolute atomic E-state index is 6.49. The summed E-state index contributed by atoms with van der Waals surface area (Å²) in [5, 5.41) is 0. The molecule has 13 heteroatoms. The van der Waals surface area contributed by atoms with E-state index in [0.717, 1.165) is 0 Å². The Bertz CT molecular complexity index is 715. The molecule has 0 N–H and O–H groups in total. The molecule has 0 amide bonds. The van der Waals surface area contributed by atoms with Crippen LogP contribution in [0.1, 0.15) is 20.8 Å². The first kappa shape index (κ1) is 33.0. The fourth-order valence-corrected chi connectivity index (χ4v) is 5.89. The van der Waals surface area contributed by atoms with Crippen LogP contribution in [0.3, 0.4) is 0 Å². The molecular weight excluding hydrogens is 520 g/mol. The number of hydrogen-bond acceptors (Lipinski definition) is 13. The van der Waals surface area contributed by atoms with Gasteiger partial charge in [0.2, 0.25) is 0 Å². The van der Waals surface area contributed by atoms with Crippen molar-refractivity contribution in [1.29, 1.82) is 0 Å². The second kappa shape index (κ2) is 15.1. The zero-order valence-electron chi connectivity index (χ0n) is 25.0. The molecule has 3 saturated heterocycles. The molecule has 230 valence electrons. The van der Waals surface area contributed by atoms with Gasteiger partial charge in [0.15, 0.2) is 18.9 Å². The molecule has 0 aromatic heterocycles. The SMILES string of the molecule is COC1OC(C)C(OC2OC(C)C(OC3OC(C)C(OC)C(OC)C3OC)C(OC)C2OC)C(OC)C1OC. The van der Waals surface area contributed by atoms with Gasteiger partial charge in [-0.3, -0.25) is 0 Å². The van der Waals surface area contributed by atoms with Crippen LogP contribution in [0.2, 0.25) is 0 Å². The highest BCUT2D eigenvalue weighted by Crippen LogP contribution is 2.36. The second-order valence-corrected chi connectivity index (χ2v) is 9.97. The zero-order valence-corrected chi connectivity index (χ0v) is 25.0. The van der Waals surface area contributed by atoms with Crippen molar-refractivity contribution in [3.8, 4) is 0 Å². The standard InChI is InChI=1S/C26H48O13/c1-12-15(27-4)18(28-5)22(32-9)25(36-12)39-17-14(3)37-26(23(33-10)20(17)30-7)38-16-13(2)35-24(34-11)21(31-8)19(16)29-6/h12-26H,1-11H3. The average Bonchev–Trinajstić information content (AvgIpc) is 2.93. The lowest BCUT2D eigenvalue weighted by Gasteiger charge is -2.50. The molecule has 15 unspecified atom stereocenters. The minimum Gasteiger partial charge on any atom is -0.376 e. The van der Waals surface area contributed by atoms with Crippen molar-refractivity contribution < 1.29 is 61.6 Å². The summed E-state index contributed by atoms with van der Waals surface area (Å²) in [4.78, 5) is 0. The van der Waals surface area contributed by atoms with Crippen LogP contribution in [0.4, 0.5) is 0 Å². The van der Waals surface area contributed by atoms with Crippen molar-refractivity contribution in [2.24, 2.45) is 0 Å². The van der Waals surface area contributed by atoms with Crippen LogP contribution in [0.15, 0.2) is 0 Å². The largest absolute Gasteiger partial charge is 0.376 e. The summed E-state index contributed by atoms with van der Waals surface area (Å²) in [6.07, 6.45) is -8.06. The van der Waals surface area contributed by atoms with E-state index in [2.05, 4.69) is 0 Å². The first-order chi connectivity index (χ1) is 18.7. The van der Waals surface area contributed by atoms with Gasteiger partial charge in [-0.2, -0.15) is 0 Å². The van der Waals surface area contributed by atoms with Crippen LogP contribution in [0.25, 0.3) is 0 Å². The Morgan fingerprint density at radius 3 is 0.923 bits per heavy atom. The van der Waals surface area contributed by atoms with Gasteiger partial charge in [0.05, 0.1) is 18.3 Å². The molecule has 15 atom stereocenters. The summed E-state index contributed by atoms with van der Waals surface area (Å²) in [6, 6.07) is 0. The lowest BCUT2D eigenvalue weighted by atomic mass is 9.96. The molecule has 3 fully saturated rings. The monoisotopic (exact) mass is 568 g/mol. The number of ether oxygens (including phenoxy) is 13. The van der Waals surface area contributed by atoms with Crippen molar-refractivity contribution in [2.75, 3.05) is 56.9 Å². The molecule has 3 aliphatic rings. The van der Waals surface area contributed by atoms with Gasteiger partial charge in [0.25, 0.3) is 0 Å². The van der Waals surface area contributed by atoms with Crippen LogP contribution >= 0.6 is 0 Å². The molecule has 0 saturated carbocycles. The highest BCUT2D eigenvalue weighted by atomic mass is 16.8. The van der Waals surface area contributed by atoms with Gasteiger partial charge >= 0.3 is 0 Å². The van der Waals surface area contributed by atoms with E-state index >= 15 is 0 Å². The quantitative estimate of drug-likeness (QED) is 0.330. The number of methoxy groups -OCH3 is 8. The van der Waals surface area contributed by atoms with E-state index in [4.69, 9.17) is 61.6 Å². The Hall–Kier alpha value is -0.520. The predicted octanol–water partition coefficient (Wildman–Crippen LogP) is 0.743. The fraction of sp³-hybridized carbons (Fsp3) is 1.00. The molecule has 3 rings (SSSR count). The maximum Gasteiger partial charge on any atom is 0.187 e. The Balaban J connectivity index is 1.80. The van der Waals surface area contributed by atoms with E-state index in [-0.39, 0.29) is 12.2 Å². The van der Waals surface area contributed by atoms with Crippen LogP contribution in [0.5, 0.6) is 0 Å². The van der Waals surface area contributed by atoms with Crippen molar-refractivity contribution in [3.05, 3.63) is 0 Å². The lowest BCUT2D eigenvalue weighted by molar-refractivity contribution is -0.378. The Labute approximate surface area is 231 Å². The maximum atomic E-state index is 6.49. The van der Waals surface area contributed by atoms with Crippen molar-refractivity contribution in [3.63, 3.8) is 0 Å². The van der Waals surface area contributed by atoms with Crippen LogP contribution in [0, 0.1) is 0 Å². The van der Waals surface area contributed by atoms with E-state index in [0.29, 0.717) is 0 Å². The molecule has 39 heavy (non-hydrogen) atoms. The summed E-state index contributed by atoms with van der Waals surface area (Å²) >= 11 is 0. The number of rotatable bonds is 12. The topological polar surface area (TPSA) is 120 Å². The fourth-order valence-electron chi connectivity index (χ4n) is 5.89. The molecular formula is C26H48O13. The second-order valence-electron chi connectivity index (χ2n) is 9.97. The normalized spacial score (nSPS) is 47.3. The molecule has 0 radical (unpaired) electrons. The van der Waals surface area contributed by atoms with E-state index in [1.807, 2.05) is 20.8 Å². The molecule has 0 spiro atoms. The van der Waals surface area contributed by atoms with Crippen molar-refractivity contribution >= 4 is 0 Å². The first-order valence-corrected chi connectivity index (χ1v) is 13.2. The molecule has 0 aliphatic carbocycles. The lowest BCUT2D eigenvalue weighted by Crippen LogP contribution is -2.66. The first-order valence-electron chi connectivity index (χ1n) is 13.2. The molecule has 3 aliphatic heterocycles. The van der Waals surface area contributed by atoms with Crippen LogP contribution in [-0.4, -0.2) is 149 Å². The predicted molar refractivity (Wildman–Crippen MR) is 135 cm³/mol. The highest BCUT2D eigenvalue weighted by Gasteiger charge is 2.54. The average molecular weight is 569 g/mol. The zero-order chi connectivity index (χ0) is 28.9. The van der Waals surface area contributed by atoms with Crippen LogP contribution in [-0.2, 0) is 61.6 Å². The van der Waals surface area contributed by atoms with Gasteiger partial charge in [-0.05, 0) is 20.8 Å². The summed E-state index contributed by atoms with van der Waals surface area (Å²) in [7, 11) is 12.7. The van der Waals surface area contributed by atoms with Gasteiger partial charge in [-0.15, -0.1) is 0 Å². The van der Waals surface area contributed by atoms with Gasteiger partial charge in [0, 0.05) is 56.9 Å². The Kier molecular flexibility index (Phi) is 12.8. The third kappa shape index (κ3) is 6.77. The Morgan fingerprint density at radius 2 is 0.590 bits per heavy atom. The summed E-state index contributed by atoms with van der Waals surface area (Å²) in [5.41, 5.74) is 0. The van der Waals surface area contributed by atoms with Gasteiger partial charge in [-0.25, -0.2) is 0 Å². The minimum atomic E-state index is -0.825. The molecule has 13 nitrogen and oxygen atoms in total. The summed E-state index contributed by atoms with van der Waals surface area (Å²) < 4.78 is 77.2. The number of hydrogen-bond donors (Lipinski definition) is 0. The van der Waals surface area contributed by atoms with Gasteiger partial charge < -0.3 is 61.6 Å². The van der Waals surface area contributed by atoms with E-state index < -0.39 is 79.9 Å². The van der Waals surface area contributed by atoms with E-state index in [1.165, 1.54) is 0 Å². The molecule has 0 bridgehead atoms. The summed E-state index contributed by atoms with van der Waals surface area (Å²) in [6.45, 7) is 5.67. The van der Waals surface area contributed by atoms with Gasteiger partial charge in [0.1, 0.15) is 54.9 Å². The molecule has 0 aromatic carbocycles. The van der Waals surface area contributed by atoms with E-state index in [1.54, 1.807) is 56.9 Å². The highest BCUT2D eigenvalue weighted by molar-refractivity contribution is 4.97. The molecule has 3 heterocycles. The van der Waals surface area contributed by atoms with Crippen molar-refractivity contribution in [1.82, 2.24) is 0 Å². The summed E-state index contributed by atoms with van der Waals surface area (Å²) in [5.74, 6) is 0. The molecule has 0 aromatic rings. The third-order valence-electron chi connectivity index (χ3n) is 7.90. The Morgan fingerprint density at radius 1 is 0.308 bits per heavy atom. The third-order valence-corrected chi connectivity index (χ3v) is 7.90. The van der Waals surface area contributed by atoms with Gasteiger partial charge in [-0.1, -0.05) is 0 Å². The minimum absolute atomic E-state index is 0.310. The van der Waals surface area contributed by atoms with Crippen LogP contribution < -0.4 is 0 Å².